The lowest BCUT2D eigenvalue weighted by molar-refractivity contribution is -0.923. The number of aromatic nitrogens is 1. The predicted molar refractivity (Wildman–Crippen MR) is 93.4 cm³/mol. The Morgan fingerprint density at radius 1 is 1.21 bits per heavy atom. The van der Waals surface area contributed by atoms with E-state index in [0.29, 0.717) is 5.75 Å². The minimum absolute atomic E-state index is 0. The topological polar surface area (TPSA) is 42.4 Å². The smallest absolute Gasteiger partial charge is 0.414 e. The maximum Gasteiger partial charge on any atom is 0.414 e. The van der Waals surface area contributed by atoms with Crippen molar-refractivity contribution in [3.63, 3.8) is 0 Å². The van der Waals surface area contributed by atoms with E-state index in [1.54, 1.807) is 20.3 Å². The van der Waals surface area contributed by atoms with Gasteiger partial charge in [0.1, 0.15) is 12.2 Å². The van der Waals surface area contributed by atoms with Crippen molar-refractivity contribution < 1.29 is 31.0 Å². The van der Waals surface area contributed by atoms with Crippen molar-refractivity contribution in [1.29, 1.82) is 0 Å². The lowest BCUT2D eigenvalue weighted by atomic mass is 10.2. The molecule has 1 rings (SSSR count). The first-order valence-electron chi connectivity index (χ1n) is 8.58. The summed E-state index contributed by atoms with van der Waals surface area (Å²) in [6.45, 7) is 7.46. The number of hydrogen-bond acceptors (Lipinski definition) is 3. The van der Waals surface area contributed by atoms with Crippen LogP contribution in [0.4, 0.5) is 4.79 Å². The van der Waals surface area contributed by atoms with Crippen molar-refractivity contribution in [2.24, 2.45) is 0 Å². The molecular weight excluding hydrogens is 370 g/mol. The standard InChI is InChI=1S/C18H32N3O2.BrH/c1-6-8-13-21(5,14-9-7-2)15-16-17(11-10-12-19-16)23-18(22)20(3)4;/h10-12H,6-9,13-15H2,1-5H3;1H/q+1;/p-1. The lowest BCUT2D eigenvalue weighted by Gasteiger charge is -2.34. The molecule has 138 valence electrons. The number of unbranched alkanes of at least 4 members (excludes halogenated alkanes) is 2. The van der Waals surface area contributed by atoms with E-state index in [4.69, 9.17) is 4.74 Å². The van der Waals surface area contributed by atoms with Crippen LogP contribution in [0.15, 0.2) is 18.3 Å². The Kier molecular flexibility index (Phi) is 10.9. The van der Waals surface area contributed by atoms with Crippen molar-refractivity contribution in [3.05, 3.63) is 24.0 Å². The molecular formula is C18H32BrN3O2. The van der Waals surface area contributed by atoms with Crippen LogP contribution in [0.3, 0.4) is 0 Å². The van der Waals surface area contributed by atoms with Crippen LogP contribution in [0.2, 0.25) is 0 Å². The molecule has 5 nitrogen and oxygen atoms in total. The number of amides is 1. The zero-order valence-corrected chi connectivity index (χ0v) is 17.3. The van der Waals surface area contributed by atoms with Gasteiger partial charge < -0.3 is 31.1 Å². The Morgan fingerprint density at radius 2 is 1.79 bits per heavy atom. The summed E-state index contributed by atoms with van der Waals surface area (Å²) in [5.41, 5.74) is 0.859. The second-order valence-electron chi connectivity index (χ2n) is 6.64. The molecule has 6 heteroatoms. The van der Waals surface area contributed by atoms with Gasteiger partial charge in [0.15, 0.2) is 5.75 Å². The largest absolute Gasteiger partial charge is 1.00 e. The first kappa shape index (κ1) is 22.9. The molecule has 0 N–H and O–H groups in total. The zero-order valence-electron chi connectivity index (χ0n) is 15.7. The zero-order chi connectivity index (χ0) is 17.3. The van der Waals surface area contributed by atoms with Gasteiger partial charge in [-0.3, -0.25) is 4.98 Å². The van der Waals surface area contributed by atoms with E-state index in [9.17, 15) is 4.79 Å². The molecule has 0 radical (unpaired) electrons. The number of nitrogens with zero attached hydrogens (tertiary/aromatic N) is 3. The molecule has 1 aromatic rings. The Labute approximate surface area is 157 Å². The molecule has 0 fully saturated rings. The fourth-order valence-corrected chi connectivity index (χ4v) is 2.53. The molecule has 24 heavy (non-hydrogen) atoms. The van der Waals surface area contributed by atoms with Gasteiger partial charge in [-0.15, -0.1) is 0 Å². The Hall–Kier alpha value is -1.14. The molecule has 0 spiro atoms. The third kappa shape index (κ3) is 7.62. The highest BCUT2D eigenvalue weighted by Crippen LogP contribution is 2.22. The minimum atomic E-state index is -0.365. The second kappa shape index (κ2) is 11.4. The van der Waals surface area contributed by atoms with E-state index in [2.05, 4.69) is 25.9 Å². The number of pyridine rings is 1. The van der Waals surface area contributed by atoms with Crippen molar-refractivity contribution in [1.82, 2.24) is 9.88 Å². The van der Waals surface area contributed by atoms with Crippen molar-refractivity contribution in [2.75, 3.05) is 34.2 Å². The van der Waals surface area contributed by atoms with Crippen molar-refractivity contribution >= 4 is 6.09 Å². The van der Waals surface area contributed by atoms with Crippen LogP contribution in [0.1, 0.15) is 45.2 Å². The van der Waals surface area contributed by atoms with Crippen LogP contribution in [-0.4, -0.2) is 54.7 Å². The molecule has 0 aliphatic rings. The van der Waals surface area contributed by atoms with E-state index in [0.717, 1.165) is 29.8 Å². The molecule has 0 unspecified atom stereocenters. The van der Waals surface area contributed by atoms with E-state index < -0.39 is 0 Å². The van der Waals surface area contributed by atoms with E-state index in [1.807, 2.05) is 12.1 Å². The third-order valence-electron chi connectivity index (χ3n) is 4.05. The maximum atomic E-state index is 11.8. The summed E-state index contributed by atoms with van der Waals surface area (Å²) in [6.07, 6.45) is 6.16. The van der Waals surface area contributed by atoms with Crippen LogP contribution in [0.5, 0.6) is 5.75 Å². The van der Waals surface area contributed by atoms with Gasteiger partial charge in [0.2, 0.25) is 0 Å². The maximum absolute atomic E-state index is 11.8. The SMILES string of the molecule is CCCC[N+](C)(CCCC)Cc1ncccc1OC(=O)N(C)C.[Br-]. The predicted octanol–water partition coefficient (Wildman–Crippen LogP) is 0.693. The summed E-state index contributed by atoms with van der Waals surface area (Å²) < 4.78 is 6.41. The number of carbonyl (C=O) groups excluding carboxylic acids is 1. The van der Waals surface area contributed by atoms with Crippen LogP contribution >= 0.6 is 0 Å². The van der Waals surface area contributed by atoms with Gasteiger partial charge in [0.25, 0.3) is 0 Å². The molecule has 0 aliphatic carbocycles. The van der Waals surface area contributed by atoms with Crippen molar-refractivity contribution in [2.45, 2.75) is 46.1 Å². The van der Waals surface area contributed by atoms with Gasteiger partial charge in [-0.1, -0.05) is 26.7 Å². The third-order valence-corrected chi connectivity index (χ3v) is 4.05. The number of ether oxygens (including phenoxy) is 1. The molecule has 1 aromatic heterocycles. The highest BCUT2D eigenvalue weighted by molar-refractivity contribution is 5.70. The van der Waals surface area contributed by atoms with Gasteiger partial charge in [-0.25, -0.2) is 4.79 Å². The van der Waals surface area contributed by atoms with E-state index in [1.165, 1.54) is 30.6 Å². The first-order chi connectivity index (χ1) is 10.9. The van der Waals surface area contributed by atoms with Crippen LogP contribution in [-0.2, 0) is 6.54 Å². The molecule has 0 aliphatic heterocycles. The molecule has 0 bridgehead atoms. The molecule has 0 atom stereocenters. The number of hydrogen-bond donors (Lipinski definition) is 0. The van der Waals surface area contributed by atoms with E-state index in [-0.39, 0.29) is 23.1 Å². The minimum Gasteiger partial charge on any atom is -1.00 e. The fraction of sp³-hybridized carbons (Fsp3) is 0.667. The lowest BCUT2D eigenvalue weighted by Crippen LogP contribution is -3.00. The first-order valence-corrected chi connectivity index (χ1v) is 8.58. The van der Waals surface area contributed by atoms with Crippen LogP contribution in [0.25, 0.3) is 0 Å². The quantitative estimate of drug-likeness (QED) is 0.571. The highest BCUT2D eigenvalue weighted by Gasteiger charge is 2.24. The van der Waals surface area contributed by atoms with Crippen LogP contribution in [0, 0.1) is 0 Å². The second-order valence-corrected chi connectivity index (χ2v) is 6.64. The summed E-state index contributed by atoms with van der Waals surface area (Å²) in [5.74, 6) is 0.573. The monoisotopic (exact) mass is 401 g/mol. The Balaban J connectivity index is 0.00000529. The Morgan fingerprint density at radius 3 is 2.29 bits per heavy atom. The summed E-state index contributed by atoms with van der Waals surface area (Å²) in [7, 11) is 5.64. The molecule has 1 heterocycles. The number of carbonyl (C=O) groups is 1. The van der Waals surface area contributed by atoms with Gasteiger partial charge in [0, 0.05) is 20.3 Å². The summed E-state index contributed by atoms with van der Waals surface area (Å²) >= 11 is 0. The van der Waals surface area contributed by atoms with Crippen LogP contribution < -0.4 is 21.7 Å². The molecule has 0 aromatic carbocycles. The summed E-state index contributed by atoms with van der Waals surface area (Å²) in [5, 5.41) is 0. The summed E-state index contributed by atoms with van der Waals surface area (Å²) in [6, 6.07) is 3.64. The average molecular weight is 402 g/mol. The van der Waals surface area contributed by atoms with Gasteiger partial charge in [-0.2, -0.15) is 0 Å². The fourth-order valence-electron chi connectivity index (χ4n) is 2.53. The Bertz CT molecular complexity index is 487. The van der Waals surface area contributed by atoms with Crippen molar-refractivity contribution in [3.8, 4) is 5.75 Å². The number of rotatable bonds is 9. The van der Waals surface area contributed by atoms with Gasteiger partial charge >= 0.3 is 6.09 Å². The molecule has 0 saturated carbocycles. The summed E-state index contributed by atoms with van der Waals surface area (Å²) in [4.78, 5) is 17.8. The van der Waals surface area contributed by atoms with E-state index >= 15 is 0 Å². The molecule has 1 amide bonds. The number of halogens is 1. The van der Waals surface area contributed by atoms with Gasteiger partial charge in [-0.05, 0) is 25.0 Å². The number of quaternary nitrogens is 1. The molecule has 0 saturated heterocycles. The highest BCUT2D eigenvalue weighted by atomic mass is 79.9. The average Bonchev–Trinajstić information content (AvgIpc) is 2.53. The normalized spacial score (nSPS) is 10.9. The van der Waals surface area contributed by atoms with Gasteiger partial charge in [0.05, 0.1) is 20.1 Å².